The van der Waals surface area contributed by atoms with Gasteiger partial charge in [0.15, 0.2) is 0 Å². The van der Waals surface area contributed by atoms with Crippen molar-refractivity contribution in [2.75, 3.05) is 0 Å². The Labute approximate surface area is 116 Å². The van der Waals surface area contributed by atoms with E-state index in [2.05, 4.69) is 20.9 Å². The van der Waals surface area contributed by atoms with Crippen LogP contribution in [0.1, 0.15) is 20.9 Å². The fourth-order valence-electron chi connectivity index (χ4n) is 1.54. The summed E-state index contributed by atoms with van der Waals surface area (Å²) in [5.74, 6) is -0.616. The number of hydrogen-bond donors (Lipinski definition) is 1. The van der Waals surface area contributed by atoms with Gasteiger partial charge in [-0.1, -0.05) is 15.9 Å². The maximum atomic E-state index is 11.2. The maximum absolute atomic E-state index is 11.2. The van der Waals surface area contributed by atoms with E-state index in [0.717, 1.165) is 15.0 Å². The Morgan fingerprint density at radius 1 is 1.56 bits per heavy atom. The molecule has 0 saturated carbocycles. The Morgan fingerprint density at radius 2 is 2.33 bits per heavy atom. The Kier molecular flexibility index (Phi) is 3.98. The van der Waals surface area contributed by atoms with Gasteiger partial charge in [-0.2, -0.15) is 0 Å². The van der Waals surface area contributed by atoms with Crippen molar-refractivity contribution >= 4 is 33.2 Å². The number of carboxylic acid groups (broad SMARTS) is 1. The van der Waals surface area contributed by atoms with Gasteiger partial charge in [0.1, 0.15) is 22.9 Å². The highest BCUT2D eigenvalue weighted by molar-refractivity contribution is 9.10. The largest absolute Gasteiger partial charge is 0.485 e. The molecule has 18 heavy (non-hydrogen) atoms. The average molecular weight is 328 g/mol. The van der Waals surface area contributed by atoms with Crippen LogP contribution in [0.15, 0.2) is 28.2 Å². The van der Waals surface area contributed by atoms with Crippen LogP contribution in [0.2, 0.25) is 0 Å². The standard InChI is InChI=1S/C12H10BrNO3S/c1-7-4-8(13)5-9(12(15)16)11(7)17-6-10-14-2-3-18-10/h2-5H,6H2,1H3,(H,15,16). The number of rotatable bonds is 4. The molecule has 0 atom stereocenters. The lowest BCUT2D eigenvalue weighted by Gasteiger charge is -2.11. The molecule has 0 aliphatic carbocycles. The van der Waals surface area contributed by atoms with Crippen LogP contribution in [0.3, 0.4) is 0 Å². The van der Waals surface area contributed by atoms with Crippen LogP contribution < -0.4 is 4.74 Å². The van der Waals surface area contributed by atoms with Crippen molar-refractivity contribution in [2.24, 2.45) is 0 Å². The molecule has 94 valence electrons. The fraction of sp³-hybridized carbons (Fsp3) is 0.167. The molecule has 0 fully saturated rings. The van der Waals surface area contributed by atoms with Crippen molar-refractivity contribution in [3.63, 3.8) is 0 Å². The monoisotopic (exact) mass is 327 g/mol. The van der Waals surface area contributed by atoms with E-state index in [4.69, 9.17) is 9.84 Å². The van der Waals surface area contributed by atoms with Gasteiger partial charge in [-0.15, -0.1) is 11.3 Å². The molecule has 0 bridgehead atoms. The zero-order valence-corrected chi connectivity index (χ0v) is 11.9. The summed E-state index contributed by atoms with van der Waals surface area (Å²) in [5.41, 5.74) is 0.928. The van der Waals surface area contributed by atoms with Crippen molar-refractivity contribution in [1.82, 2.24) is 4.98 Å². The summed E-state index contributed by atoms with van der Waals surface area (Å²) in [6.45, 7) is 2.09. The molecule has 0 aliphatic rings. The number of ether oxygens (including phenoxy) is 1. The van der Waals surface area contributed by atoms with Gasteiger partial charge in [-0.3, -0.25) is 0 Å². The topological polar surface area (TPSA) is 59.4 Å². The zero-order chi connectivity index (χ0) is 13.1. The Morgan fingerprint density at radius 3 is 2.94 bits per heavy atom. The normalized spacial score (nSPS) is 10.3. The fourth-order valence-corrected chi connectivity index (χ4v) is 2.64. The number of nitrogens with zero attached hydrogens (tertiary/aromatic N) is 1. The lowest BCUT2D eigenvalue weighted by Crippen LogP contribution is -2.05. The van der Waals surface area contributed by atoms with Gasteiger partial charge < -0.3 is 9.84 Å². The van der Waals surface area contributed by atoms with E-state index in [1.807, 2.05) is 18.4 Å². The highest BCUT2D eigenvalue weighted by Gasteiger charge is 2.15. The van der Waals surface area contributed by atoms with E-state index in [-0.39, 0.29) is 12.2 Å². The van der Waals surface area contributed by atoms with Crippen LogP contribution in [0.5, 0.6) is 5.75 Å². The van der Waals surface area contributed by atoms with Crippen LogP contribution in [0, 0.1) is 6.92 Å². The average Bonchev–Trinajstić information content (AvgIpc) is 2.79. The minimum absolute atomic E-state index is 0.151. The summed E-state index contributed by atoms with van der Waals surface area (Å²) in [6, 6.07) is 3.36. The summed E-state index contributed by atoms with van der Waals surface area (Å²) < 4.78 is 6.30. The number of aromatic nitrogens is 1. The van der Waals surface area contributed by atoms with Crippen LogP contribution in [-0.2, 0) is 6.61 Å². The van der Waals surface area contributed by atoms with Crippen LogP contribution >= 0.6 is 27.3 Å². The highest BCUT2D eigenvalue weighted by atomic mass is 79.9. The van der Waals surface area contributed by atoms with E-state index in [9.17, 15) is 4.79 Å². The first-order valence-electron chi connectivity index (χ1n) is 5.12. The van der Waals surface area contributed by atoms with Crippen molar-refractivity contribution < 1.29 is 14.6 Å². The molecule has 0 saturated heterocycles. The van der Waals surface area contributed by atoms with Gasteiger partial charge in [0.25, 0.3) is 0 Å². The van der Waals surface area contributed by atoms with E-state index in [1.54, 1.807) is 6.20 Å². The molecule has 0 unspecified atom stereocenters. The minimum Gasteiger partial charge on any atom is -0.485 e. The predicted molar refractivity (Wildman–Crippen MR) is 72.3 cm³/mol. The molecule has 4 nitrogen and oxygen atoms in total. The number of carboxylic acids is 1. The van der Waals surface area contributed by atoms with E-state index in [1.165, 1.54) is 17.4 Å². The SMILES string of the molecule is Cc1cc(Br)cc(C(=O)O)c1OCc1nccs1. The third kappa shape index (κ3) is 2.88. The molecule has 0 amide bonds. The molecule has 0 spiro atoms. The summed E-state index contributed by atoms with van der Waals surface area (Å²) >= 11 is 4.75. The van der Waals surface area contributed by atoms with Crippen molar-refractivity contribution in [1.29, 1.82) is 0 Å². The van der Waals surface area contributed by atoms with Gasteiger partial charge in [0, 0.05) is 16.0 Å². The highest BCUT2D eigenvalue weighted by Crippen LogP contribution is 2.29. The molecule has 1 heterocycles. The second kappa shape index (κ2) is 5.49. The predicted octanol–water partition coefficient (Wildman–Crippen LogP) is 3.49. The van der Waals surface area contributed by atoms with Crippen molar-refractivity contribution in [3.8, 4) is 5.75 Å². The lowest BCUT2D eigenvalue weighted by atomic mass is 10.1. The molecule has 1 aromatic heterocycles. The lowest BCUT2D eigenvalue weighted by molar-refractivity contribution is 0.0691. The third-order valence-corrected chi connectivity index (χ3v) is 3.50. The summed E-state index contributed by atoms with van der Waals surface area (Å²) in [6.07, 6.45) is 1.69. The molecule has 2 aromatic rings. The second-order valence-corrected chi connectivity index (χ2v) is 5.51. The van der Waals surface area contributed by atoms with Gasteiger partial charge in [-0.05, 0) is 24.6 Å². The van der Waals surface area contributed by atoms with Crippen molar-refractivity contribution in [3.05, 3.63) is 44.3 Å². The smallest absolute Gasteiger partial charge is 0.339 e. The van der Waals surface area contributed by atoms with Gasteiger partial charge >= 0.3 is 5.97 Å². The summed E-state index contributed by atoms with van der Waals surface area (Å²) in [5, 5.41) is 11.8. The summed E-state index contributed by atoms with van der Waals surface area (Å²) in [7, 11) is 0. The first-order chi connectivity index (χ1) is 8.58. The Bertz CT molecular complexity index is 569. The number of halogens is 1. The van der Waals surface area contributed by atoms with Crippen LogP contribution in [0.25, 0.3) is 0 Å². The number of carbonyl (C=O) groups is 1. The maximum Gasteiger partial charge on any atom is 0.339 e. The number of aromatic carboxylic acids is 1. The number of benzene rings is 1. The van der Waals surface area contributed by atoms with Crippen LogP contribution in [0.4, 0.5) is 0 Å². The molecule has 2 rings (SSSR count). The third-order valence-electron chi connectivity index (χ3n) is 2.29. The molecule has 0 radical (unpaired) electrons. The van der Waals surface area contributed by atoms with E-state index >= 15 is 0 Å². The minimum atomic E-state index is -1.01. The second-order valence-electron chi connectivity index (χ2n) is 3.62. The first-order valence-corrected chi connectivity index (χ1v) is 6.80. The molecular weight excluding hydrogens is 318 g/mol. The van der Waals surface area contributed by atoms with Gasteiger partial charge in [0.05, 0.1) is 0 Å². The van der Waals surface area contributed by atoms with Gasteiger partial charge in [-0.25, -0.2) is 9.78 Å². The number of aryl methyl sites for hydroxylation is 1. The zero-order valence-electron chi connectivity index (χ0n) is 9.51. The molecule has 1 aromatic carbocycles. The first kappa shape index (κ1) is 13.0. The van der Waals surface area contributed by atoms with E-state index in [0.29, 0.717) is 5.75 Å². The summed E-state index contributed by atoms with van der Waals surface area (Å²) in [4.78, 5) is 15.3. The van der Waals surface area contributed by atoms with Gasteiger partial charge in [0.2, 0.25) is 0 Å². The molecule has 0 aliphatic heterocycles. The number of hydrogen-bond acceptors (Lipinski definition) is 4. The van der Waals surface area contributed by atoms with Crippen molar-refractivity contribution in [2.45, 2.75) is 13.5 Å². The Hall–Kier alpha value is -1.40. The van der Waals surface area contributed by atoms with Crippen LogP contribution in [-0.4, -0.2) is 16.1 Å². The molecular formula is C12H10BrNO3S. The number of thiazole rings is 1. The quantitative estimate of drug-likeness (QED) is 0.933. The Balaban J connectivity index is 2.28. The van der Waals surface area contributed by atoms with E-state index < -0.39 is 5.97 Å². The molecule has 6 heteroatoms. The molecule has 1 N–H and O–H groups in total.